The molecule has 108 valence electrons. The van der Waals surface area contributed by atoms with Gasteiger partial charge in [-0.15, -0.1) is 0 Å². The number of nitrogens with two attached hydrogens (primary N) is 2. The Hall–Kier alpha value is -1.99. The minimum absolute atomic E-state index is 0.399. The quantitative estimate of drug-likeness (QED) is 0.681. The number of unbranched alkanes of at least 4 members (excludes halogenated alkanes) is 1. The minimum Gasteiger partial charge on any atom is -0.330 e. The maximum atomic E-state index is 13.3. The van der Waals surface area contributed by atoms with Crippen LogP contribution < -0.4 is 17.2 Å². The van der Waals surface area contributed by atoms with Crippen molar-refractivity contribution in [2.24, 2.45) is 11.5 Å². The average molecular weight is 279 g/mol. The van der Waals surface area contributed by atoms with Gasteiger partial charge >= 0.3 is 5.69 Å². The summed E-state index contributed by atoms with van der Waals surface area (Å²) >= 11 is 0. The molecule has 0 aliphatic carbocycles. The molecule has 2 rings (SSSR count). The molecule has 0 saturated carbocycles. The van der Waals surface area contributed by atoms with E-state index in [-0.39, 0.29) is 0 Å². The Kier molecular flexibility index (Phi) is 4.65. The molecule has 1 aromatic carbocycles. The fourth-order valence-corrected chi connectivity index (χ4v) is 2.06. The topological polar surface area (TPSA) is 103 Å². The van der Waals surface area contributed by atoms with Crippen molar-refractivity contribution in [3.8, 4) is 5.69 Å². The van der Waals surface area contributed by atoms with E-state index in [0.29, 0.717) is 24.5 Å². The molecule has 0 unspecified atom stereocenters. The number of rotatable bonds is 6. The van der Waals surface area contributed by atoms with Gasteiger partial charge in [-0.05, 0) is 37.6 Å². The standard InChI is InChI=1S/C13H18FN5O/c14-9-4-3-5-10(8-9)19-12(17-18-13(19)20)11(16)6-1-2-7-15/h3-5,8,11H,1-2,6-7,15-16H2,(H,18,20)/t11-/m0/s1. The Morgan fingerprint density at radius 3 is 2.90 bits per heavy atom. The molecule has 0 amide bonds. The summed E-state index contributed by atoms with van der Waals surface area (Å²) in [5, 5.41) is 6.30. The van der Waals surface area contributed by atoms with E-state index in [1.54, 1.807) is 6.07 Å². The molecule has 1 atom stereocenters. The normalized spacial score (nSPS) is 12.6. The van der Waals surface area contributed by atoms with Crippen molar-refractivity contribution in [1.29, 1.82) is 0 Å². The Balaban J connectivity index is 2.30. The van der Waals surface area contributed by atoms with E-state index < -0.39 is 17.5 Å². The van der Waals surface area contributed by atoms with Crippen LogP contribution >= 0.6 is 0 Å². The number of aromatic nitrogens is 3. The van der Waals surface area contributed by atoms with Crippen LogP contribution in [0.3, 0.4) is 0 Å². The summed E-state index contributed by atoms with van der Waals surface area (Å²) < 4.78 is 14.6. The average Bonchev–Trinajstić information content (AvgIpc) is 2.81. The molecule has 2 aromatic rings. The molecule has 20 heavy (non-hydrogen) atoms. The van der Waals surface area contributed by atoms with Crippen LogP contribution in [0.25, 0.3) is 5.69 Å². The second-order valence-corrected chi connectivity index (χ2v) is 4.59. The van der Waals surface area contributed by atoms with Gasteiger partial charge < -0.3 is 11.5 Å². The number of halogens is 1. The van der Waals surface area contributed by atoms with E-state index in [9.17, 15) is 9.18 Å². The lowest BCUT2D eigenvalue weighted by Crippen LogP contribution is -2.22. The molecule has 0 aliphatic rings. The van der Waals surface area contributed by atoms with E-state index >= 15 is 0 Å². The van der Waals surface area contributed by atoms with Crippen LogP contribution in [0.5, 0.6) is 0 Å². The summed E-state index contributed by atoms with van der Waals surface area (Å²) in [7, 11) is 0. The van der Waals surface area contributed by atoms with Gasteiger partial charge in [0.25, 0.3) is 0 Å². The molecule has 0 fully saturated rings. The Bertz CT molecular complexity index is 621. The van der Waals surface area contributed by atoms with Gasteiger partial charge in [0.2, 0.25) is 0 Å². The Labute approximate surface area is 115 Å². The lowest BCUT2D eigenvalue weighted by atomic mass is 10.1. The highest BCUT2D eigenvalue weighted by Gasteiger charge is 2.17. The SMILES string of the molecule is NCCCC[C@H](N)c1n[nH]c(=O)n1-c1cccc(F)c1. The largest absolute Gasteiger partial charge is 0.347 e. The Morgan fingerprint density at radius 2 is 2.20 bits per heavy atom. The number of aromatic amines is 1. The van der Waals surface area contributed by atoms with Crippen molar-refractivity contribution < 1.29 is 4.39 Å². The summed E-state index contributed by atoms with van der Waals surface area (Å²) in [6.07, 6.45) is 2.38. The highest BCUT2D eigenvalue weighted by Crippen LogP contribution is 2.17. The van der Waals surface area contributed by atoms with Gasteiger partial charge in [0.05, 0.1) is 11.7 Å². The molecule has 0 spiro atoms. The molecule has 0 bridgehead atoms. The van der Waals surface area contributed by atoms with Crippen molar-refractivity contribution in [2.75, 3.05) is 6.54 Å². The molecule has 1 aromatic heterocycles. The predicted molar refractivity (Wildman–Crippen MR) is 74.0 cm³/mol. The first-order chi connectivity index (χ1) is 9.63. The van der Waals surface area contributed by atoms with Crippen molar-refractivity contribution in [1.82, 2.24) is 14.8 Å². The van der Waals surface area contributed by atoms with Crippen LogP contribution in [0, 0.1) is 5.82 Å². The van der Waals surface area contributed by atoms with E-state index in [1.165, 1.54) is 22.8 Å². The second kappa shape index (κ2) is 6.44. The van der Waals surface area contributed by atoms with E-state index in [0.717, 1.165) is 12.8 Å². The lowest BCUT2D eigenvalue weighted by Gasteiger charge is -2.12. The second-order valence-electron chi connectivity index (χ2n) is 4.59. The monoisotopic (exact) mass is 279 g/mol. The zero-order valence-corrected chi connectivity index (χ0v) is 11.1. The summed E-state index contributed by atoms with van der Waals surface area (Å²) in [6.45, 7) is 0.601. The fraction of sp³-hybridized carbons (Fsp3) is 0.385. The number of nitrogens with zero attached hydrogens (tertiary/aromatic N) is 2. The fourth-order valence-electron chi connectivity index (χ4n) is 2.06. The third kappa shape index (κ3) is 3.12. The molecule has 0 aliphatic heterocycles. The van der Waals surface area contributed by atoms with E-state index in [4.69, 9.17) is 11.5 Å². The maximum absolute atomic E-state index is 13.3. The van der Waals surface area contributed by atoms with Gasteiger partial charge in [0.15, 0.2) is 5.82 Å². The molecular weight excluding hydrogens is 261 g/mol. The van der Waals surface area contributed by atoms with E-state index in [2.05, 4.69) is 10.2 Å². The van der Waals surface area contributed by atoms with Gasteiger partial charge in [-0.1, -0.05) is 12.5 Å². The third-order valence-corrected chi connectivity index (χ3v) is 3.07. The molecule has 7 heteroatoms. The van der Waals surface area contributed by atoms with Crippen LogP contribution in [0.4, 0.5) is 4.39 Å². The summed E-state index contributed by atoms with van der Waals surface area (Å²) in [5.41, 5.74) is 11.5. The summed E-state index contributed by atoms with van der Waals surface area (Å²) in [5.74, 6) is -0.0177. The molecule has 6 nitrogen and oxygen atoms in total. The highest BCUT2D eigenvalue weighted by atomic mass is 19.1. The van der Waals surface area contributed by atoms with Crippen molar-refractivity contribution in [3.05, 3.63) is 46.4 Å². The number of nitrogens with one attached hydrogen (secondary N) is 1. The Morgan fingerprint density at radius 1 is 1.40 bits per heavy atom. The van der Waals surface area contributed by atoms with Crippen molar-refractivity contribution >= 4 is 0 Å². The molecule has 1 heterocycles. The smallest absolute Gasteiger partial charge is 0.330 e. The van der Waals surface area contributed by atoms with Crippen LogP contribution in [0.1, 0.15) is 31.1 Å². The van der Waals surface area contributed by atoms with Gasteiger partial charge in [-0.2, -0.15) is 5.10 Å². The third-order valence-electron chi connectivity index (χ3n) is 3.07. The van der Waals surface area contributed by atoms with Gasteiger partial charge in [-0.25, -0.2) is 18.9 Å². The minimum atomic E-state index is -0.431. The summed E-state index contributed by atoms with van der Waals surface area (Å²) in [4.78, 5) is 11.8. The van der Waals surface area contributed by atoms with Gasteiger partial charge in [0, 0.05) is 0 Å². The highest BCUT2D eigenvalue weighted by molar-refractivity contribution is 5.33. The molecule has 0 radical (unpaired) electrons. The lowest BCUT2D eigenvalue weighted by molar-refractivity contribution is 0.556. The first kappa shape index (κ1) is 14.4. The van der Waals surface area contributed by atoms with Crippen LogP contribution in [-0.4, -0.2) is 21.3 Å². The zero-order chi connectivity index (χ0) is 14.5. The number of H-pyrrole nitrogens is 1. The molecular formula is C13H18FN5O. The molecule has 5 N–H and O–H groups in total. The first-order valence-corrected chi connectivity index (χ1v) is 6.52. The van der Waals surface area contributed by atoms with Gasteiger partial charge in [0.1, 0.15) is 5.82 Å². The number of hydrogen-bond donors (Lipinski definition) is 3. The first-order valence-electron chi connectivity index (χ1n) is 6.52. The predicted octanol–water partition coefficient (Wildman–Crippen LogP) is 0.829. The van der Waals surface area contributed by atoms with Gasteiger partial charge in [-0.3, -0.25) is 0 Å². The van der Waals surface area contributed by atoms with E-state index in [1.807, 2.05) is 0 Å². The van der Waals surface area contributed by atoms with Crippen molar-refractivity contribution in [2.45, 2.75) is 25.3 Å². The van der Waals surface area contributed by atoms with Crippen LogP contribution in [-0.2, 0) is 0 Å². The van der Waals surface area contributed by atoms with Crippen LogP contribution in [0.2, 0.25) is 0 Å². The zero-order valence-electron chi connectivity index (χ0n) is 11.1. The van der Waals surface area contributed by atoms with Crippen molar-refractivity contribution in [3.63, 3.8) is 0 Å². The molecule has 0 saturated heterocycles. The van der Waals surface area contributed by atoms with Crippen LogP contribution in [0.15, 0.2) is 29.1 Å². The summed E-state index contributed by atoms with van der Waals surface area (Å²) in [6, 6.07) is 5.36. The number of hydrogen-bond acceptors (Lipinski definition) is 4. The number of benzene rings is 1. The maximum Gasteiger partial charge on any atom is 0.347 e.